The summed E-state index contributed by atoms with van der Waals surface area (Å²) in [4.78, 5) is 18.8. The molecule has 2 aromatic rings. The molecule has 0 fully saturated rings. The minimum atomic E-state index is -1.09. The van der Waals surface area contributed by atoms with E-state index < -0.39 is 6.09 Å². The summed E-state index contributed by atoms with van der Waals surface area (Å²) in [6.07, 6.45) is 4.52. The van der Waals surface area contributed by atoms with Crippen molar-refractivity contribution in [1.29, 1.82) is 0 Å². The summed E-state index contributed by atoms with van der Waals surface area (Å²) >= 11 is 0. The number of hydrogen-bond acceptors (Lipinski definition) is 3. The van der Waals surface area contributed by atoms with Gasteiger partial charge in [0.1, 0.15) is 0 Å². The van der Waals surface area contributed by atoms with Crippen LogP contribution in [0.25, 0.3) is 0 Å². The van der Waals surface area contributed by atoms with Crippen molar-refractivity contribution in [1.82, 2.24) is 9.97 Å². The molecule has 0 radical (unpaired) electrons. The van der Waals surface area contributed by atoms with Crippen LogP contribution < -0.4 is 5.32 Å². The van der Waals surface area contributed by atoms with Gasteiger partial charge in [0.2, 0.25) is 0 Å². The number of rotatable bonds is 3. The summed E-state index contributed by atoms with van der Waals surface area (Å²) in [7, 11) is 0. The summed E-state index contributed by atoms with van der Waals surface area (Å²) < 4.78 is 0. The monoisotopic (exact) mass is 229 g/mol. The first-order valence-corrected chi connectivity index (χ1v) is 5.08. The minimum Gasteiger partial charge on any atom is -0.465 e. The lowest BCUT2D eigenvalue weighted by molar-refractivity contribution is 0.209. The van der Waals surface area contributed by atoms with Crippen LogP contribution in [0.1, 0.15) is 11.3 Å². The molecule has 0 bridgehead atoms. The zero-order valence-corrected chi connectivity index (χ0v) is 9.00. The lowest BCUT2D eigenvalue weighted by Gasteiger charge is -2.07. The summed E-state index contributed by atoms with van der Waals surface area (Å²) in [5.74, 6) is 0. The number of hydrogen-bond donors (Lipinski definition) is 2. The highest BCUT2D eigenvalue weighted by atomic mass is 16.4. The van der Waals surface area contributed by atoms with E-state index >= 15 is 0 Å². The molecule has 2 heterocycles. The minimum absolute atomic E-state index is 0.504. The van der Waals surface area contributed by atoms with Gasteiger partial charge in [0.05, 0.1) is 11.4 Å². The smallest absolute Gasteiger partial charge is 0.409 e. The summed E-state index contributed by atoms with van der Waals surface area (Å²) in [5.41, 5.74) is 2.17. The van der Waals surface area contributed by atoms with Crippen molar-refractivity contribution in [2.45, 2.75) is 6.42 Å². The predicted molar refractivity (Wildman–Crippen MR) is 62.9 cm³/mol. The predicted octanol–water partition coefficient (Wildman–Crippen LogP) is 2.16. The maximum Gasteiger partial charge on any atom is 0.409 e. The number of nitrogens with zero attached hydrogens (tertiary/aromatic N) is 2. The van der Waals surface area contributed by atoms with Gasteiger partial charge in [0, 0.05) is 25.0 Å². The van der Waals surface area contributed by atoms with Crippen molar-refractivity contribution in [2.75, 3.05) is 5.32 Å². The summed E-state index contributed by atoms with van der Waals surface area (Å²) in [6, 6.07) is 7.14. The second-order valence-electron chi connectivity index (χ2n) is 3.47. The van der Waals surface area contributed by atoms with Crippen LogP contribution in [0.2, 0.25) is 0 Å². The lowest BCUT2D eigenvalue weighted by atomic mass is 10.1. The van der Waals surface area contributed by atoms with Gasteiger partial charge in [0.25, 0.3) is 0 Å². The van der Waals surface area contributed by atoms with Crippen LogP contribution in [0.4, 0.5) is 10.5 Å². The van der Waals surface area contributed by atoms with E-state index in [1.54, 1.807) is 30.7 Å². The molecule has 2 rings (SSSR count). The molecule has 0 spiro atoms. The van der Waals surface area contributed by atoms with E-state index in [1.165, 1.54) is 0 Å². The Labute approximate surface area is 98.2 Å². The van der Waals surface area contributed by atoms with Gasteiger partial charge < -0.3 is 5.11 Å². The fourth-order valence-electron chi connectivity index (χ4n) is 1.50. The molecule has 5 nitrogen and oxygen atoms in total. The first-order valence-electron chi connectivity index (χ1n) is 5.08. The van der Waals surface area contributed by atoms with Gasteiger partial charge in [-0.25, -0.2) is 4.79 Å². The largest absolute Gasteiger partial charge is 0.465 e. The molecule has 0 aromatic carbocycles. The molecule has 0 aliphatic heterocycles. The number of amides is 1. The van der Waals surface area contributed by atoms with Crippen LogP contribution >= 0.6 is 0 Å². The van der Waals surface area contributed by atoms with E-state index in [4.69, 9.17) is 5.11 Å². The van der Waals surface area contributed by atoms with Crippen molar-refractivity contribution in [3.63, 3.8) is 0 Å². The fraction of sp³-hybridized carbons (Fsp3) is 0.0833. The second-order valence-corrected chi connectivity index (χ2v) is 3.47. The van der Waals surface area contributed by atoms with Crippen molar-refractivity contribution in [3.8, 4) is 0 Å². The van der Waals surface area contributed by atoms with Gasteiger partial charge in [0.15, 0.2) is 0 Å². The average molecular weight is 229 g/mol. The molecular formula is C12H11N3O2. The standard InChI is InChI=1S/C12H11N3O2/c16-12(17)15-10-4-2-6-14-11(10)7-9-3-1-5-13-8-9/h1-6,8,15H,7H2,(H,16,17). The Balaban J connectivity index is 2.23. The average Bonchev–Trinajstić information content (AvgIpc) is 2.32. The number of aromatic nitrogens is 2. The first kappa shape index (κ1) is 11.1. The Morgan fingerprint density at radius 2 is 2.12 bits per heavy atom. The third kappa shape index (κ3) is 3.01. The number of pyridine rings is 2. The zero-order chi connectivity index (χ0) is 12.1. The molecule has 86 valence electrons. The van der Waals surface area contributed by atoms with Crippen LogP contribution in [-0.4, -0.2) is 21.2 Å². The van der Waals surface area contributed by atoms with Crippen molar-refractivity contribution in [3.05, 3.63) is 54.1 Å². The van der Waals surface area contributed by atoms with Gasteiger partial charge in [-0.2, -0.15) is 0 Å². The Hall–Kier alpha value is -2.43. The molecule has 1 amide bonds. The van der Waals surface area contributed by atoms with E-state index in [0.29, 0.717) is 17.8 Å². The Bertz CT molecular complexity index is 514. The number of carboxylic acid groups (broad SMARTS) is 1. The van der Waals surface area contributed by atoms with Crippen molar-refractivity contribution < 1.29 is 9.90 Å². The molecule has 2 aromatic heterocycles. The quantitative estimate of drug-likeness (QED) is 0.845. The van der Waals surface area contributed by atoms with Crippen molar-refractivity contribution >= 4 is 11.8 Å². The molecule has 17 heavy (non-hydrogen) atoms. The fourth-order valence-corrected chi connectivity index (χ4v) is 1.50. The first-order chi connectivity index (χ1) is 8.25. The normalized spacial score (nSPS) is 9.88. The van der Waals surface area contributed by atoms with E-state index in [0.717, 1.165) is 5.56 Å². The van der Waals surface area contributed by atoms with Gasteiger partial charge in [-0.3, -0.25) is 15.3 Å². The van der Waals surface area contributed by atoms with Gasteiger partial charge in [-0.1, -0.05) is 6.07 Å². The molecule has 0 saturated carbocycles. The molecule has 0 aliphatic rings. The zero-order valence-electron chi connectivity index (χ0n) is 9.00. The van der Waals surface area contributed by atoms with E-state index in [-0.39, 0.29) is 0 Å². The maximum atomic E-state index is 10.6. The molecular weight excluding hydrogens is 218 g/mol. The van der Waals surface area contributed by atoms with E-state index in [2.05, 4.69) is 15.3 Å². The van der Waals surface area contributed by atoms with Crippen LogP contribution in [0, 0.1) is 0 Å². The Morgan fingerprint density at radius 3 is 2.82 bits per heavy atom. The van der Waals surface area contributed by atoms with E-state index in [9.17, 15) is 4.79 Å². The molecule has 2 N–H and O–H groups in total. The van der Waals surface area contributed by atoms with Crippen LogP contribution in [-0.2, 0) is 6.42 Å². The SMILES string of the molecule is O=C(O)Nc1cccnc1Cc1cccnc1. The third-order valence-corrected chi connectivity index (χ3v) is 2.23. The van der Waals surface area contributed by atoms with Crippen LogP contribution in [0.3, 0.4) is 0 Å². The summed E-state index contributed by atoms with van der Waals surface area (Å²) in [5, 5.41) is 11.0. The molecule has 5 heteroatoms. The maximum absolute atomic E-state index is 10.6. The highest BCUT2D eigenvalue weighted by Gasteiger charge is 2.06. The molecule has 0 unspecified atom stereocenters. The Kier molecular flexibility index (Phi) is 3.30. The highest BCUT2D eigenvalue weighted by molar-refractivity contribution is 5.83. The van der Waals surface area contributed by atoms with Crippen molar-refractivity contribution in [2.24, 2.45) is 0 Å². The summed E-state index contributed by atoms with van der Waals surface area (Å²) in [6.45, 7) is 0. The highest BCUT2D eigenvalue weighted by Crippen LogP contribution is 2.15. The molecule has 0 atom stereocenters. The molecule has 0 saturated heterocycles. The van der Waals surface area contributed by atoms with Gasteiger partial charge >= 0.3 is 6.09 Å². The number of carbonyl (C=O) groups is 1. The van der Waals surface area contributed by atoms with E-state index in [1.807, 2.05) is 12.1 Å². The number of nitrogens with one attached hydrogen (secondary N) is 1. The second kappa shape index (κ2) is 5.07. The third-order valence-electron chi connectivity index (χ3n) is 2.23. The van der Waals surface area contributed by atoms with Gasteiger partial charge in [-0.15, -0.1) is 0 Å². The van der Waals surface area contributed by atoms with Gasteiger partial charge in [-0.05, 0) is 23.8 Å². The van der Waals surface area contributed by atoms with Crippen LogP contribution in [0.5, 0.6) is 0 Å². The van der Waals surface area contributed by atoms with Crippen LogP contribution in [0.15, 0.2) is 42.9 Å². The topological polar surface area (TPSA) is 75.1 Å². The Morgan fingerprint density at radius 1 is 1.29 bits per heavy atom. The lowest BCUT2D eigenvalue weighted by Crippen LogP contribution is -2.10. The molecule has 0 aliphatic carbocycles. The number of anilines is 1.